The molecule has 3 fully saturated rings. The quantitative estimate of drug-likeness (QED) is 0.110. The molecular weight excluding hydrogens is 536 g/mol. The maximum absolute atomic E-state index is 11.1. The molecule has 1 saturated carbocycles. The Morgan fingerprint density at radius 1 is 1.02 bits per heavy atom. The second-order valence-electron chi connectivity index (χ2n) is 12.8. The fraction of sp³-hybridized carbons (Fsp3) is 0.794. The number of fused-ring (bicyclic) bond motifs is 1. The van der Waals surface area contributed by atoms with Crippen molar-refractivity contribution < 1.29 is 28.8 Å². The molecule has 0 amide bonds. The summed E-state index contributed by atoms with van der Waals surface area (Å²) < 4.78 is 25.2. The van der Waals surface area contributed by atoms with E-state index in [9.17, 15) is 4.79 Å². The summed E-state index contributed by atoms with van der Waals surface area (Å²) in [6.45, 7) is 8.28. The van der Waals surface area contributed by atoms with E-state index in [2.05, 4.69) is 32.9 Å². The van der Waals surface area contributed by atoms with Gasteiger partial charge in [0.2, 0.25) is 0 Å². The van der Waals surface area contributed by atoms with Crippen LogP contribution in [0.15, 0.2) is 34.6 Å². The van der Waals surface area contributed by atoms with E-state index >= 15 is 0 Å². The Kier molecular flexibility index (Phi) is 13.6. The van der Waals surface area contributed by atoms with Crippen molar-refractivity contribution in [1.82, 2.24) is 0 Å². The molecule has 2 unspecified atom stereocenters. The molecule has 0 radical (unpaired) electrons. The first-order chi connectivity index (χ1) is 19.9. The minimum Gasteiger partial charge on any atom is -0.481 e. The first-order valence-electron chi connectivity index (χ1n) is 16.3. The van der Waals surface area contributed by atoms with E-state index < -0.39 is 5.97 Å². The van der Waals surface area contributed by atoms with Crippen LogP contribution in [0.5, 0.6) is 0 Å². The standard InChI is InChI=1S/C34H54O6S/c1-24(2)10-8-11-25(3)12-9-13-30(40-33-15-5-7-18-38-33)34-26(16-19-41-23-31(35)36)20-27-21-28(22-29(27)34)39-32-14-4-6-17-37-32/h10,13,25,27-29,32-33H,4-9,11-12,14-23H2,1-3H3,(H,35,36)/t25-,27+,28-,29-,32?,33?/m1/s1. The Labute approximate surface area is 252 Å². The zero-order valence-corrected chi connectivity index (χ0v) is 26.6. The number of ether oxygens (including phenoxy) is 4. The molecule has 4 aliphatic rings. The predicted molar refractivity (Wildman–Crippen MR) is 166 cm³/mol. The highest BCUT2D eigenvalue weighted by Gasteiger charge is 2.45. The van der Waals surface area contributed by atoms with Gasteiger partial charge < -0.3 is 24.1 Å². The van der Waals surface area contributed by atoms with Gasteiger partial charge in [-0.3, -0.25) is 4.79 Å². The molecule has 0 aromatic rings. The van der Waals surface area contributed by atoms with Gasteiger partial charge in [0.15, 0.2) is 12.6 Å². The normalized spacial score (nSPS) is 29.3. The smallest absolute Gasteiger partial charge is 0.313 e. The summed E-state index contributed by atoms with van der Waals surface area (Å²) >= 11 is 1.52. The molecule has 0 bridgehead atoms. The number of hydrogen-bond acceptors (Lipinski definition) is 6. The average molecular weight is 591 g/mol. The van der Waals surface area contributed by atoms with Crippen LogP contribution in [0.2, 0.25) is 0 Å². The van der Waals surface area contributed by atoms with Crippen molar-refractivity contribution in [3.63, 3.8) is 0 Å². The van der Waals surface area contributed by atoms with Crippen molar-refractivity contribution in [2.45, 2.75) is 129 Å². The minimum atomic E-state index is -0.741. The Morgan fingerprint density at radius 3 is 2.39 bits per heavy atom. The van der Waals surface area contributed by atoms with Crippen LogP contribution < -0.4 is 0 Å². The lowest BCUT2D eigenvalue weighted by Gasteiger charge is -2.28. The molecular formula is C34H54O6S. The third kappa shape index (κ3) is 10.7. The van der Waals surface area contributed by atoms with Crippen LogP contribution in [0.1, 0.15) is 111 Å². The Hall–Kier alpha value is -1.28. The van der Waals surface area contributed by atoms with Crippen LogP contribution in [0, 0.1) is 17.8 Å². The van der Waals surface area contributed by atoms with Crippen LogP contribution in [-0.2, 0) is 23.7 Å². The summed E-state index contributed by atoms with van der Waals surface area (Å²) in [5.74, 6) is 2.92. The third-order valence-electron chi connectivity index (χ3n) is 9.03. The lowest BCUT2D eigenvalue weighted by Crippen LogP contribution is -2.27. The van der Waals surface area contributed by atoms with Gasteiger partial charge in [-0.2, -0.15) is 0 Å². The third-order valence-corrected chi connectivity index (χ3v) is 9.97. The van der Waals surface area contributed by atoms with Crippen molar-refractivity contribution in [2.24, 2.45) is 17.8 Å². The molecule has 0 aromatic heterocycles. The first-order valence-corrected chi connectivity index (χ1v) is 17.4. The second-order valence-corrected chi connectivity index (χ2v) is 13.9. The van der Waals surface area contributed by atoms with Gasteiger partial charge in [0, 0.05) is 13.0 Å². The summed E-state index contributed by atoms with van der Waals surface area (Å²) in [6.07, 6.45) is 19.7. The lowest BCUT2D eigenvalue weighted by molar-refractivity contribution is -0.187. The number of carboxylic acids is 1. The largest absolute Gasteiger partial charge is 0.481 e. The molecule has 41 heavy (non-hydrogen) atoms. The molecule has 2 aliphatic carbocycles. The molecule has 7 heteroatoms. The lowest BCUT2D eigenvalue weighted by atomic mass is 9.92. The topological polar surface area (TPSA) is 74.2 Å². The first kappa shape index (κ1) is 32.6. The van der Waals surface area contributed by atoms with E-state index in [1.165, 1.54) is 41.3 Å². The van der Waals surface area contributed by atoms with Crippen LogP contribution in [-0.4, -0.2) is 54.5 Å². The Bertz CT molecular complexity index is 910. The summed E-state index contributed by atoms with van der Waals surface area (Å²) in [4.78, 5) is 11.1. The fourth-order valence-corrected chi connectivity index (χ4v) is 7.61. The van der Waals surface area contributed by atoms with Crippen LogP contribution in [0.3, 0.4) is 0 Å². The predicted octanol–water partition coefficient (Wildman–Crippen LogP) is 8.42. The zero-order chi connectivity index (χ0) is 29.0. The molecule has 6 atom stereocenters. The summed E-state index contributed by atoms with van der Waals surface area (Å²) in [5, 5.41) is 9.14. The SMILES string of the molecule is CC(C)=CCC[C@@H](C)CCC=C(OC1CCCCO1)C1=C(CCSCC(=O)O)C[C@H]2C[C@@H](OC3CCCCO3)C[C@@H]12. The highest BCUT2D eigenvalue weighted by Crippen LogP contribution is 2.52. The number of aliphatic carboxylic acids is 1. The van der Waals surface area contributed by atoms with E-state index in [-0.39, 0.29) is 24.4 Å². The number of rotatable bonds is 16. The van der Waals surface area contributed by atoms with Crippen LogP contribution in [0.4, 0.5) is 0 Å². The van der Waals surface area contributed by atoms with Gasteiger partial charge in [-0.15, -0.1) is 11.8 Å². The minimum absolute atomic E-state index is 0.0541. The van der Waals surface area contributed by atoms with Crippen molar-refractivity contribution in [3.05, 3.63) is 34.6 Å². The monoisotopic (exact) mass is 590 g/mol. The molecule has 0 spiro atoms. The van der Waals surface area contributed by atoms with E-state index in [4.69, 9.17) is 24.1 Å². The Balaban J connectivity index is 1.49. The van der Waals surface area contributed by atoms with Crippen molar-refractivity contribution in [1.29, 1.82) is 0 Å². The molecule has 1 N–H and O–H groups in total. The van der Waals surface area contributed by atoms with Crippen molar-refractivity contribution in [2.75, 3.05) is 24.7 Å². The zero-order valence-electron chi connectivity index (χ0n) is 25.7. The fourth-order valence-electron chi connectivity index (χ4n) is 6.90. The van der Waals surface area contributed by atoms with Gasteiger partial charge in [0.05, 0.1) is 18.5 Å². The van der Waals surface area contributed by atoms with Gasteiger partial charge in [-0.25, -0.2) is 0 Å². The van der Waals surface area contributed by atoms with E-state index in [1.54, 1.807) is 0 Å². The molecule has 232 valence electrons. The van der Waals surface area contributed by atoms with Gasteiger partial charge in [-0.05, 0) is 132 Å². The summed E-state index contributed by atoms with van der Waals surface area (Å²) in [5.41, 5.74) is 4.24. The highest BCUT2D eigenvalue weighted by molar-refractivity contribution is 7.99. The molecule has 2 saturated heterocycles. The maximum atomic E-state index is 11.1. The van der Waals surface area contributed by atoms with E-state index in [0.717, 1.165) is 102 Å². The summed E-state index contributed by atoms with van der Waals surface area (Å²) in [7, 11) is 0. The van der Waals surface area contributed by atoms with E-state index in [1.807, 2.05) is 0 Å². The van der Waals surface area contributed by atoms with Crippen molar-refractivity contribution in [3.8, 4) is 0 Å². The van der Waals surface area contributed by atoms with Gasteiger partial charge >= 0.3 is 5.97 Å². The van der Waals surface area contributed by atoms with Gasteiger partial charge in [0.25, 0.3) is 0 Å². The number of carbonyl (C=O) groups is 1. The van der Waals surface area contributed by atoms with E-state index in [0.29, 0.717) is 17.8 Å². The number of allylic oxidation sites excluding steroid dienone is 5. The number of hydrogen-bond donors (Lipinski definition) is 1. The maximum Gasteiger partial charge on any atom is 0.313 e. The van der Waals surface area contributed by atoms with Gasteiger partial charge in [0.1, 0.15) is 5.76 Å². The second kappa shape index (κ2) is 17.1. The van der Waals surface area contributed by atoms with Gasteiger partial charge in [-0.1, -0.05) is 24.1 Å². The Morgan fingerprint density at radius 2 is 1.73 bits per heavy atom. The van der Waals surface area contributed by atoms with Crippen LogP contribution >= 0.6 is 11.8 Å². The molecule has 2 heterocycles. The number of carboxylic acid groups (broad SMARTS) is 1. The number of thioether (sulfide) groups is 1. The summed E-state index contributed by atoms with van der Waals surface area (Å²) in [6, 6.07) is 0. The molecule has 2 aliphatic heterocycles. The molecule has 0 aromatic carbocycles. The molecule has 4 rings (SSSR count). The molecule has 6 nitrogen and oxygen atoms in total. The average Bonchev–Trinajstić information content (AvgIpc) is 3.48. The van der Waals surface area contributed by atoms with Crippen LogP contribution in [0.25, 0.3) is 0 Å². The van der Waals surface area contributed by atoms with Crippen molar-refractivity contribution >= 4 is 17.7 Å². The highest BCUT2D eigenvalue weighted by atomic mass is 32.2.